The fourth-order valence-electron chi connectivity index (χ4n) is 3.63. The molecule has 1 heterocycles. The molecule has 0 unspecified atom stereocenters. The topological polar surface area (TPSA) is 103 Å². The van der Waals surface area contributed by atoms with Gasteiger partial charge in [0.1, 0.15) is 17.4 Å². The van der Waals surface area contributed by atoms with Gasteiger partial charge in [0.2, 0.25) is 5.91 Å². The monoisotopic (exact) mass is 502 g/mol. The van der Waals surface area contributed by atoms with Crippen molar-refractivity contribution in [2.75, 3.05) is 13.7 Å². The normalized spacial score (nSPS) is 20.5. The van der Waals surface area contributed by atoms with E-state index in [1.165, 1.54) is 14.0 Å². The molecule has 1 aliphatic heterocycles. The van der Waals surface area contributed by atoms with Crippen LogP contribution in [0.25, 0.3) is 0 Å². The fraction of sp³-hybridized carbons (Fsp3) is 0.875. The average Bonchev–Trinajstić information content (AvgIpc) is 2.95. The smallest absolute Gasteiger partial charge is 0.412 e. The highest BCUT2D eigenvalue weighted by atomic mass is 28.4. The first kappa shape index (κ1) is 30.4. The van der Waals surface area contributed by atoms with Crippen LogP contribution in [0.15, 0.2) is 0 Å². The average molecular weight is 503 g/mol. The van der Waals surface area contributed by atoms with E-state index in [1.807, 2.05) is 34.6 Å². The zero-order valence-corrected chi connectivity index (χ0v) is 24.2. The molecule has 1 N–H and O–H groups in total. The predicted octanol–water partition coefficient (Wildman–Crippen LogP) is 4.21. The second kappa shape index (κ2) is 10.9. The third-order valence-corrected chi connectivity index (χ3v) is 10.9. The minimum absolute atomic E-state index is 0.0731. The van der Waals surface area contributed by atoms with Gasteiger partial charge in [-0.1, -0.05) is 20.8 Å². The van der Waals surface area contributed by atoms with Gasteiger partial charge in [-0.15, -0.1) is 0 Å². The van der Waals surface area contributed by atoms with Gasteiger partial charge in [0.15, 0.2) is 8.32 Å². The van der Waals surface area contributed by atoms with E-state index >= 15 is 0 Å². The maximum Gasteiger partial charge on any atom is 0.412 e. The molecule has 198 valence electrons. The third kappa shape index (κ3) is 8.23. The van der Waals surface area contributed by atoms with Crippen molar-refractivity contribution in [2.45, 2.75) is 123 Å². The van der Waals surface area contributed by atoms with Crippen molar-refractivity contribution >= 4 is 26.3 Å². The Morgan fingerprint density at radius 1 is 1.12 bits per heavy atom. The Balaban J connectivity index is 3.33. The lowest BCUT2D eigenvalue weighted by Crippen LogP contribution is -2.56. The van der Waals surface area contributed by atoms with Crippen molar-refractivity contribution in [3.63, 3.8) is 0 Å². The van der Waals surface area contributed by atoms with Crippen molar-refractivity contribution in [1.29, 1.82) is 0 Å². The molecule has 0 saturated carbocycles. The zero-order chi connectivity index (χ0) is 26.7. The Morgan fingerprint density at radius 3 is 2.12 bits per heavy atom. The molecule has 1 aliphatic rings. The molecule has 0 aromatic carbocycles. The maximum absolute atomic E-state index is 13.2. The number of amides is 2. The molecule has 1 fully saturated rings. The molecule has 1 saturated heterocycles. The Kier molecular flexibility index (Phi) is 9.78. The molecular weight excluding hydrogens is 456 g/mol. The Hall–Kier alpha value is -1.65. The van der Waals surface area contributed by atoms with E-state index in [4.69, 9.17) is 18.6 Å². The molecule has 2 amide bonds. The van der Waals surface area contributed by atoms with Gasteiger partial charge >= 0.3 is 12.1 Å². The van der Waals surface area contributed by atoms with E-state index < -0.39 is 49.9 Å². The molecule has 34 heavy (non-hydrogen) atoms. The Morgan fingerprint density at radius 2 is 1.68 bits per heavy atom. The highest BCUT2D eigenvalue weighted by Crippen LogP contribution is 2.40. The van der Waals surface area contributed by atoms with E-state index in [2.05, 4.69) is 39.2 Å². The first-order valence-corrected chi connectivity index (χ1v) is 14.8. The predicted molar refractivity (Wildman–Crippen MR) is 133 cm³/mol. The molecule has 0 aromatic rings. The van der Waals surface area contributed by atoms with Gasteiger partial charge in [0, 0.05) is 6.92 Å². The van der Waals surface area contributed by atoms with Crippen LogP contribution in [0.5, 0.6) is 0 Å². The number of carbonyl (C=O) groups excluding carboxylic acids is 3. The number of nitrogens with zero attached hydrogens (tertiary/aromatic N) is 1. The first-order valence-electron chi connectivity index (χ1n) is 11.9. The van der Waals surface area contributed by atoms with Gasteiger partial charge < -0.3 is 24.0 Å². The van der Waals surface area contributed by atoms with Crippen LogP contribution in [0.2, 0.25) is 18.1 Å². The molecule has 1 rings (SSSR count). The third-order valence-electron chi connectivity index (χ3n) is 6.39. The second-order valence-electron chi connectivity index (χ2n) is 11.9. The summed E-state index contributed by atoms with van der Waals surface area (Å²) in [6.45, 7) is 21.5. The van der Waals surface area contributed by atoms with Crippen LogP contribution >= 0.6 is 0 Å². The highest BCUT2D eigenvalue weighted by Gasteiger charge is 2.51. The molecule has 10 heteroatoms. The number of ether oxygens (including phenoxy) is 3. The largest absolute Gasteiger partial charge is 0.467 e. The van der Waals surface area contributed by atoms with Crippen molar-refractivity contribution in [2.24, 2.45) is 0 Å². The molecule has 0 aromatic heterocycles. The Bertz CT molecular complexity index is 741. The number of hydrogen-bond donors (Lipinski definition) is 1. The number of rotatable bonds is 8. The van der Waals surface area contributed by atoms with Crippen LogP contribution < -0.4 is 5.32 Å². The van der Waals surface area contributed by atoms with E-state index in [0.29, 0.717) is 12.8 Å². The van der Waals surface area contributed by atoms with Crippen molar-refractivity contribution in [3.8, 4) is 0 Å². The van der Waals surface area contributed by atoms with Gasteiger partial charge in [0.05, 0.1) is 25.9 Å². The second-order valence-corrected chi connectivity index (χ2v) is 16.7. The lowest BCUT2D eigenvalue weighted by Gasteiger charge is -2.43. The van der Waals surface area contributed by atoms with Gasteiger partial charge in [-0.25, -0.2) is 9.59 Å². The van der Waals surface area contributed by atoms with E-state index in [1.54, 1.807) is 4.90 Å². The van der Waals surface area contributed by atoms with Crippen LogP contribution in [0, 0.1) is 0 Å². The van der Waals surface area contributed by atoms with Gasteiger partial charge in [-0.3, -0.25) is 9.69 Å². The van der Waals surface area contributed by atoms with Crippen LogP contribution in [0.3, 0.4) is 0 Å². The maximum atomic E-state index is 13.2. The Labute approximate surface area is 206 Å². The van der Waals surface area contributed by atoms with Gasteiger partial charge in [-0.2, -0.15) is 0 Å². The van der Waals surface area contributed by atoms with Crippen LogP contribution in [-0.2, 0) is 28.2 Å². The number of methoxy groups -OCH3 is 1. The summed E-state index contributed by atoms with van der Waals surface area (Å²) in [4.78, 5) is 38.8. The minimum atomic E-state index is -2.27. The van der Waals surface area contributed by atoms with Crippen LogP contribution in [0.1, 0.15) is 75.2 Å². The molecule has 0 radical (unpaired) electrons. The van der Waals surface area contributed by atoms with Crippen molar-refractivity contribution < 1.29 is 33.0 Å². The van der Waals surface area contributed by atoms with Crippen LogP contribution in [0.4, 0.5) is 4.79 Å². The van der Waals surface area contributed by atoms with Gasteiger partial charge in [-0.05, 0) is 65.6 Å². The van der Waals surface area contributed by atoms with Crippen molar-refractivity contribution in [1.82, 2.24) is 10.2 Å². The summed E-state index contributed by atoms with van der Waals surface area (Å²) in [6.07, 6.45) is -0.202. The molecular formula is C24H46N2O7Si. The summed E-state index contributed by atoms with van der Waals surface area (Å²) in [6, 6.07) is -1.23. The summed E-state index contributed by atoms with van der Waals surface area (Å²) >= 11 is 0. The zero-order valence-electron chi connectivity index (χ0n) is 23.2. The molecule has 0 spiro atoms. The van der Waals surface area contributed by atoms with Crippen LogP contribution in [-0.4, -0.2) is 74.4 Å². The number of carbonyl (C=O) groups is 3. The number of hydrogen-bond acceptors (Lipinski definition) is 7. The lowest BCUT2D eigenvalue weighted by atomic mass is 10.0. The quantitative estimate of drug-likeness (QED) is 0.392. The van der Waals surface area contributed by atoms with Crippen molar-refractivity contribution in [3.05, 3.63) is 0 Å². The lowest BCUT2D eigenvalue weighted by molar-refractivity contribution is -0.145. The highest BCUT2D eigenvalue weighted by molar-refractivity contribution is 6.74. The number of nitrogens with one attached hydrogen (secondary N) is 1. The molecule has 9 nitrogen and oxygen atoms in total. The standard InChI is InChI=1S/C24H46N2O7Si/c1-16(27)25-17(20(28)30-10)13-14-19(33-34(11,12)23(5,6)7)18-15-31-24(8,9)26(18)21(29)32-22(2,3)4/h17-19H,13-15H2,1-12H3,(H,25,27)/t17-,18+,19+/m0/s1. The van der Waals surface area contributed by atoms with E-state index in [9.17, 15) is 14.4 Å². The molecule has 3 atom stereocenters. The van der Waals surface area contributed by atoms with Gasteiger partial charge in [0.25, 0.3) is 0 Å². The van der Waals surface area contributed by atoms with E-state index in [-0.39, 0.29) is 17.6 Å². The molecule has 0 aliphatic carbocycles. The first-order chi connectivity index (χ1) is 15.2. The molecule has 0 bridgehead atoms. The van der Waals surface area contributed by atoms with E-state index in [0.717, 1.165) is 0 Å². The summed E-state index contributed by atoms with van der Waals surface area (Å²) in [5, 5.41) is 2.58. The fourth-order valence-corrected chi connectivity index (χ4v) is 5.01. The summed E-state index contributed by atoms with van der Waals surface area (Å²) in [7, 11) is -0.980. The summed E-state index contributed by atoms with van der Waals surface area (Å²) in [5.41, 5.74) is -1.56. The summed E-state index contributed by atoms with van der Waals surface area (Å²) in [5.74, 6) is -0.841. The SMILES string of the molecule is COC(=O)[C@H](CC[C@@H](O[Si](C)(C)C(C)(C)C)[C@H]1COC(C)(C)N1C(=O)OC(C)(C)C)NC(C)=O. The minimum Gasteiger partial charge on any atom is -0.467 e. The summed E-state index contributed by atoms with van der Waals surface area (Å²) < 4.78 is 23.4. The number of esters is 1.